The van der Waals surface area contributed by atoms with Crippen molar-refractivity contribution in [1.82, 2.24) is 24.3 Å². The second-order valence-electron chi connectivity index (χ2n) is 7.85. The van der Waals surface area contributed by atoms with Gasteiger partial charge in [0.1, 0.15) is 5.82 Å². The summed E-state index contributed by atoms with van der Waals surface area (Å²) in [6, 6.07) is 6.17. The lowest BCUT2D eigenvalue weighted by atomic mass is 9.80. The molecule has 1 spiro atoms. The molecule has 2 aromatic heterocycles. The molecule has 6 nitrogen and oxygen atoms in total. The van der Waals surface area contributed by atoms with Crippen LogP contribution < -0.4 is 0 Å². The molecule has 0 amide bonds. The number of imidazole rings is 1. The zero-order valence-electron chi connectivity index (χ0n) is 15.7. The molecule has 0 saturated carbocycles. The molecule has 1 unspecified atom stereocenters. The molecule has 2 saturated heterocycles. The molecule has 6 heteroatoms. The monoisotopic (exact) mass is 355 g/mol. The van der Waals surface area contributed by atoms with Crippen LogP contribution in [0.1, 0.15) is 24.4 Å². The molecule has 140 valence electrons. The van der Waals surface area contributed by atoms with Crippen molar-refractivity contribution in [2.75, 3.05) is 39.4 Å². The average molecular weight is 355 g/mol. The molecule has 2 aliphatic heterocycles. The Morgan fingerprint density at radius 1 is 1.08 bits per heavy atom. The molecule has 26 heavy (non-hydrogen) atoms. The Morgan fingerprint density at radius 3 is 2.73 bits per heavy atom. The zero-order chi connectivity index (χ0) is 17.8. The Bertz CT molecular complexity index is 703. The summed E-state index contributed by atoms with van der Waals surface area (Å²) >= 11 is 0. The number of hydrogen-bond acceptors (Lipinski definition) is 5. The van der Waals surface area contributed by atoms with Crippen LogP contribution in [-0.4, -0.2) is 63.7 Å². The van der Waals surface area contributed by atoms with Crippen LogP contribution in [0.25, 0.3) is 0 Å². The maximum atomic E-state index is 6.05. The summed E-state index contributed by atoms with van der Waals surface area (Å²) in [4.78, 5) is 14.1. The summed E-state index contributed by atoms with van der Waals surface area (Å²) in [6.07, 6.45) is 8.26. The highest BCUT2D eigenvalue weighted by Crippen LogP contribution is 2.33. The molecule has 4 heterocycles. The Balaban J connectivity index is 1.44. The number of aromatic nitrogens is 3. The fourth-order valence-electron chi connectivity index (χ4n) is 4.38. The highest BCUT2D eigenvalue weighted by atomic mass is 16.5. The van der Waals surface area contributed by atoms with Crippen LogP contribution in [-0.2, 0) is 24.9 Å². The van der Waals surface area contributed by atoms with Gasteiger partial charge in [-0.1, -0.05) is 6.07 Å². The number of piperidine rings is 1. The van der Waals surface area contributed by atoms with E-state index >= 15 is 0 Å². The Kier molecular flexibility index (Phi) is 5.33. The smallest absolute Gasteiger partial charge is 0.122 e. The lowest BCUT2D eigenvalue weighted by Crippen LogP contribution is -2.50. The summed E-state index contributed by atoms with van der Waals surface area (Å²) in [5, 5.41) is 0. The second kappa shape index (κ2) is 7.86. The minimum atomic E-state index is 0.217. The lowest BCUT2D eigenvalue weighted by molar-refractivity contribution is 0.00144. The van der Waals surface area contributed by atoms with Crippen molar-refractivity contribution in [3.8, 4) is 0 Å². The second-order valence-corrected chi connectivity index (χ2v) is 7.85. The number of pyridine rings is 1. The van der Waals surface area contributed by atoms with Gasteiger partial charge in [0.15, 0.2) is 0 Å². The van der Waals surface area contributed by atoms with Gasteiger partial charge in [-0.2, -0.15) is 0 Å². The van der Waals surface area contributed by atoms with Crippen LogP contribution in [0.5, 0.6) is 0 Å². The molecule has 0 N–H and O–H groups in total. The van der Waals surface area contributed by atoms with Crippen LogP contribution >= 0.6 is 0 Å². The number of aryl methyl sites for hydroxylation is 1. The average Bonchev–Trinajstić information content (AvgIpc) is 2.94. The van der Waals surface area contributed by atoms with Gasteiger partial charge in [0.2, 0.25) is 0 Å². The van der Waals surface area contributed by atoms with E-state index in [1.807, 2.05) is 24.7 Å². The van der Waals surface area contributed by atoms with Gasteiger partial charge in [0, 0.05) is 57.2 Å². The van der Waals surface area contributed by atoms with Gasteiger partial charge in [0.25, 0.3) is 0 Å². The topological polar surface area (TPSA) is 46.4 Å². The van der Waals surface area contributed by atoms with E-state index in [1.54, 1.807) is 0 Å². The minimum absolute atomic E-state index is 0.217. The van der Waals surface area contributed by atoms with E-state index in [4.69, 9.17) is 4.74 Å². The fraction of sp³-hybridized carbons (Fsp3) is 0.600. The van der Waals surface area contributed by atoms with Gasteiger partial charge < -0.3 is 9.30 Å². The van der Waals surface area contributed by atoms with Gasteiger partial charge in [-0.3, -0.25) is 14.8 Å². The first kappa shape index (κ1) is 17.6. The van der Waals surface area contributed by atoms with E-state index in [2.05, 4.69) is 43.5 Å². The molecule has 4 rings (SSSR count). The quantitative estimate of drug-likeness (QED) is 0.839. The first-order chi connectivity index (χ1) is 12.7. The fourth-order valence-corrected chi connectivity index (χ4v) is 4.38. The van der Waals surface area contributed by atoms with E-state index in [-0.39, 0.29) is 5.41 Å². The van der Waals surface area contributed by atoms with Crippen LogP contribution in [0.2, 0.25) is 0 Å². The highest BCUT2D eigenvalue weighted by molar-refractivity contribution is 5.04. The highest BCUT2D eigenvalue weighted by Gasteiger charge is 2.39. The van der Waals surface area contributed by atoms with Gasteiger partial charge in [0.05, 0.1) is 25.5 Å². The third-order valence-corrected chi connectivity index (χ3v) is 5.66. The van der Waals surface area contributed by atoms with Gasteiger partial charge in [-0.05, 0) is 31.5 Å². The van der Waals surface area contributed by atoms with E-state index < -0.39 is 0 Å². The summed E-state index contributed by atoms with van der Waals surface area (Å²) < 4.78 is 8.18. The molecule has 2 aromatic rings. The van der Waals surface area contributed by atoms with Crippen LogP contribution in [0, 0.1) is 5.41 Å². The van der Waals surface area contributed by atoms with E-state index in [9.17, 15) is 0 Å². The molecule has 2 aliphatic rings. The van der Waals surface area contributed by atoms with Crippen molar-refractivity contribution in [3.05, 3.63) is 48.3 Å². The van der Waals surface area contributed by atoms with Crippen molar-refractivity contribution in [1.29, 1.82) is 0 Å². The molecule has 1 atom stereocenters. The van der Waals surface area contributed by atoms with Crippen molar-refractivity contribution < 1.29 is 4.74 Å². The third kappa shape index (κ3) is 4.14. The number of likely N-dealkylation sites (tertiary alicyclic amines) is 1. The van der Waals surface area contributed by atoms with E-state index in [0.29, 0.717) is 0 Å². The van der Waals surface area contributed by atoms with E-state index in [0.717, 1.165) is 64.0 Å². The molecule has 0 radical (unpaired) electrons. The van der Waals surface area contributed by atoms with Crippen molar-refractivity contribution in [2.24, 2.45) is 12.5 Å². The number of nitrogens with zero attached hydrogens (tertiary/aromatic N) is 5. The van der Waals surface area contributed by atoms with Crippen LogP contribution in [0.15, 0.2) is 36.8 Å². The Morgan fingerprint density at radius 2 is 1.96 bits per heavy atom. The van der Waals surface area contributed by atoms with Crippen LogP contribution in [0.4, 0.5) is 0 Å². The van der Waals surface area contributed by atoms with Crippen molar-refractivity contribution >= 4 is 0 Å². The number of ether oxygens (including phenoxy) is 1. The maximum absolute atomic E-state index is 6.05. The predicted octanol–water partition coefficient (Wildman–Crippen LogP) is 1.93. The third-order valence-electron chi connectivity index (χ3n) is 5.66. The first-order valence-corrected chi connectivity index (χ1v) is 9.61. The summed E-state index contributed by atoms with van der Waals surface area (Å²) in [5.74, 6) is 1.14. The normalized spacial score (nSPS) is 25.4. The summed E-state index contributed by atoms with van der Waals surface area (Å²) in [5.41, 5.74) is 1.36. The van der Waals surface area contributed by atoms with Gasteiger partial charge in [-0.15, -0.1) is 0 Å². The van der Waals surface area contributed by atoms with Gasteiger partial charge in [-0.25, -0.2) is 4.98 Å². The maximum Gasteiger partial charge on any atom is 0.122 e. The zero-order valence-corrected chi connectivity index (χ0v) is 15.7. The number of rotatable bonds is 4. The van der Waals surface area contributed by atoms with E-state index in [1.165, 1.54) is 12.8 Å². The molecule has 0 aromatic carbocycles. The van der Waals surface area contributed by atoms with Crippen molar-refractivity contribution in [3.63, 3.8) is 0 Å². The Labute approximate surface area is 155 Å². The summed E-state index contributed by atoms with van der Waals surface area (Å²) in [6.45, 7) is 7.80. The molecule has 0 bridgehead atoms. The molecule has 0 aliphatic carbocycles. The Hall–Kier alpha value is -1.76. The lowest BCUT2D eigenvalue weighted by Gasteiger charge is -2.43. The molecule has 2 fully saturated rings. The van der Waals surface area contributed by atoms with Crippen LogP contribution in [0.3, 0.4) is 0 Å². The largest absolute Gasteiger partial charge is 0.379 e. The standard InChI is InChI=1S/C20H29N5O/c1-23-10-8-22-19(23)14-24-9-4-6-20(15-24)16-25(11-12-26-17-20)13-18-5-2-3-7-21-18/h2-3,5,7-8,10H,4,6,9,11-17H2,1H3. The SMILES string of the molecule is Cn1ccnc1CN1CCCC2(COCCN(Cc3ccccn3)C2)C1. The minimum Gasteiger partial charge on any atom is -0.379 e. The van der Waals surface area contributed by atoms with Gasteiger partial charge >= 0.3 is 0 Å². The number of hydrogen-bond donors (Lipinski definition) is 0. The first-order valence-electron chi connectivity index (χ1n) is 9.61. The van der Waals surface area contributed by atoms with Crippen molar-refractivity contribution in [2.45, 2.75) is 25.9 Å². The molecular weight excluding hydrogens is 326 g/mol. The summed E-state index contributed by atoms with van der Waals surface area (Å²) in [7, 11) is 2.07. The molecular formula is C20H29N5O. The predicted molar refractivity (Wildman–Crippen MR) is 100 cm³/mol.